The second kappa shape index (κ2) is 8.38. The van der Waals surface area contributed by atoms with E-state index in [1.165, 1.54) is 0 Å². The van der Waals surface area contributed by atoms with Crippen molar-refractivity contribution in [2.75, 3.05) is 13.1 Å². The topological polar surface area (TPSA) is 50.4 Å². The highest BCUT2D eigenvalue weighted by Gasteiger charge is 2.16. The number of rotatable bonds is 8. The predicted molar refractivity (Wildman–Crippen MR) is 81.9 cm³/mol. The molecule has 0 saturated carbocycles. The van der Waals surface area contributed by atoms with Crippen LogP contribution >= 0.6 is 0 Å². The van der Waals surface area contributed by atoms with E-state index in [1.54, 1.807) is 13.0 Å². The summed E-state index contributed by atoms with van der Waals surface area (Å²) in [6.45, 7) is 11.4. The summed E-state index contributed by atoms with van der Waals surface area (Å²) >= 11 is 0. The highest BCUT2D eigenvalue weighted by Crippen LogP contribution is 2.24. The van der Waals surface area contributed by atoms with E-state index in [2.05, 4.69) is 24.1 Å². The predicted octanol–water partition coefficient (Wildman–Crippen LogP) is 2.17. The number of amides is 1. The molecule has 4 nitrogen and oxygen atoms in total. The summed E-state index contributed by atoms with van der Waals surface area (Å²) in [6, 6.07) is 6.00. The van der Waals surface area contributed by atoms with Gasteiger partial charge in [-0.2, -0.15) is 0 Å². The van der Waals surface area contributed by atoms with E-state index in [0.29, 0.717) is 6.54 Å². The third-order valence-electron chi connectivity index (χ3n) is 2.94. The van der Waals surface area contributed by atoms with Gasteiger partial charge in [0.2, 0.25) is 0 Å². The molecule has 110 valence electrons. The number of hydrogen-bond acceptors (Lipinski definition) is 3. The van der Waals surface area contributed by atoms with Crippen LogP contribution in [0.3, 0.4) is 0 Å². The molecule has 0 spiro atoms. The first kappa shape index (κ1) is 16.2. The zero-order valence-electron chi connectivity index (χ0n) is 12.5. The number of nitrogens with one attached hydrogen (secondary N) is 2. The Kier molecular flexibility index (Phi) is 6.81. The van der Waals surface area contributed by atoms with E-state index in [0.717, 1.165) is 30.0 Å². The Morgan fingerprint density at radius 2 is 2.25 bits per heavy atom. The smallest absolute Gasteiger partial charge is 0.261 e. The molecule has 2 N–H and O–H groups in total. The van der Waals surface area contributed by atoms with Crippen LogP contribution in [-0.4, -0.2) is 25.1 Å². The van der Waals surface area contributed by atoms with Crippen LogP contribution in [-0.2, 0) is 11.3 Å². The van der Waals surface area contributed by atoms with Crippen LogP contribution in [0.5, 0.6) is 5.75 Å². The number of aryl methyl sites for hydroxylation is 1. The third kappa shape index (κ3) is 4.70. The molecule has 0 aliphatic carbocycles. The Morgan fingerprint density at radius 3 is 2.90 bits per heavy atom. The Balaban J connectivity index is 2.79. The first-order valence-corrected chi connectivity index (χ1v) is 6.94. The van der Waals surface area contributed by atoms with Gasteiger partial charge in [0.25, 0.3) is 5.91 Å². The highest BCUT2D eigenvalue weighted by molar-refractivity contribution is 5.80. The molecule has 0 aromatic heterocycles. The van der Waals surface area contributed by atoms with Gasteiger partial charge in [0.05, 0.1) is 0 Å². The second-order valence-corrected chi connectivity index (χ2v) is 4.64. The standard InChI is InChI=1S/C16H24N2O2/c1-5-10-18-16(19)13(4)20-15-12(3)8-7-9-14(15)11-17-6-2/h5,7-9,13,17H,1,6,10-11H2,2-4H3,(H,18,19). The third-order valence-corrected chi connectivity index (χ3v) is 2.94. The minimum absolute atomic E-state index is 0.137. The SMILES string of the molecule is C=CCNC(=O)C(C)Oc1c(C)cccc1CNCC. The summed E-state index contributed by atoms with van der Waals surface area (Å²) < 4.78 is 5.85. The molecule has 1 unspecified atom stereocenters. The van der Waals surface area contributed by atoms with Crippen molar-refractivity contribution in [2.45, 2.75) is 33.4 Å². The van der Waals surface area contributed by atoms with Gasteiger partial charge in [-0.15, -0.1) is 6.58 Å². The van der Waals surface area contributed by atoms with Gasteiger partial charge in [-0.3, -0.25) is 4.79 Å². The molecule has 0 aliphatic heterocycles. The fourth-order valence-electron chi connectivity index (χ4n) is 1.83. The van der Waals surface area contributed by atoms with E-state index in [1.807, 2.05) is 25.1 Å². The van der Waals surface area contributed by atoms with Gasteiger partial charge in [0.1, 0.15) is 5.75 Å². The Bertz CT molecular complexity index is 458. The van der Waals surface area contributed by atoms with Gasteiger partial charge in [0.15, 0.2) is 6.10 Å². The van der Waals surface area contributed by atoms with Gasteiger partial charge in [-0.05, 0) is 26.0 Å². The minimum atomic E-state index is -0.531. The molecule has 0 saturated heterocycles. The van der Waals surface area contributed by atoms with Crippen molar-refractivity contribution >= 4 is 5.91 Å². The van der Waals surface area contributed by atoms with Crippen LogP contribution in [0.2, 0.25) is 0 Å². The van der Waals surface area contributed by atoms with E-state index in [9.17, 15) is 4.79 Å². The largest absolute Gasteiger partial charge is 0.480 e. The van der Waals surface area contributed by atoms with Gasteiger partial charge >= 0.3 is 0 Å². The highest BCUT2D eigenvalue weighted by atomic mass is 16.5. The summed E-state index contributed by atoms with van der Waals surface area (Å²) in [5.41, 5.74) is 2.10. The average molecular weight is 276 g/mol. The number of para-hydroxylation sites is 1. The van der Waals surface area contributed by atoms with Crippen molar-refractivity contribution in [1.82, 2.24) is 10.6 Å². The normalized spacial score (nSPS) is 11.8. The molecular weight excluding hydrogens is 252 g/mol. The zero-order valence-corrected chi connectivity index (χ0v) is 12.5. The lowest BCUT2D eigenvalue weighted by atomic mass is 10.1. The van der Waals surface area contributed by atoms with Crippen LogP contribution in [0, 0.1) is 6.92 Å². The average Bonchev–Trinajstić information content (AvgIpc) is 2.45. The van der Waals surface area contributed by atoms with Crippen LogP contribution in [0.1, 0.15) is 25.0 Å². The molecule has 0 heterocycles. The molecule has 1 rings (SSSR count). The fourth-order valence-corrected chi connectivity index (χ4v) is 1.83. The molecular formula is C16H24N2O2. The molecule has 0 bridgehead atoms. The number of carbonyl (C=O) groups excluding carboxylic acids is 1. The van der Waals surface area contributed by atoms with Gasteiger partial charge < -0.3 is 15.4 Å². The quantitative estimate of drug-likeness (QED) is 0.716. The van der Waals surface area contributed by atoms with Crippen molar-refractivity contribution in [3.8, 4) is 5.75 Å². The van der Waals surface area contributed by atoms with Crippen molar-refractivity contribution in [3.63, 3.8) is 0 Å². The Labute approximate surface area is 121 Å². The number of carbonyl (C=O) groups is 1. The first-order chi connectivity index (χ1) is 9.60. The first-order valence-electron chi connectivity index (χ1n) is 6.94. The van der Waals surface area contributed by atoms with Crippen LogP contribution in [0.25, 0.3) is 0 Å². The van der Waals surface area contributed by atoms with Gasteiger partial charge in [0, 0.05) is 18.7 Å². The van der Waals surface area contributed by atoms with Gasteiger partial charge in [-0.25, -0.2) is 0 Å². The zero-order chi connectivity index (χ0) is 15.0. The number of benzene rings is 1. The van der Waals surface area contributed by atoms with E-state index in [4.69, 9.17) is 4.74 Å². The molecule has 1 atom stereocenters. The van der Waals surface area contributed by atoms with E-state index < -0.39 is 6.10 Å². The lowest BCUT2D eigenvalue weighted by Crippen LogP contribution is -2.36. The van der Waals surface area contributed by atoms with Crippen molar-refractivity contribution in [2.24, 2.45) is 0 Å². The van der Waals surface area contributed by atoms with Crippen molar-refractivity contribution in [3.05, 3.63) is 42.0 Å². The molecule has 1 amide bonds. The van der Waals surface area contributed by atoms with Gasteiger partial charge in [-0.1, -0.05) is 31.2 Å². The van der Waals surface area contributed by atoms with E-state index >= 15 is 0 Å². The molecule has 1 aromatic rings. The van der Waals surface area contributed by atoms with Crippen LogP contribution < -0.4 is 15.4 Å². The Hall–Kier alpha value is -1.81. The summed E-state index contributed by atoms with van der Waals surface area (Å²) in [4.78, 5) is 11.8. The summed E-state index contributed by atoms with van der Waals surface area (Å²) in [5, 5.41) is 6.01. The van der Waals surface area contributed by atoms with Crippen molar-refractivity contribution in [1.29, 1.82) is 0 Å². The van der Waals surface area contributed by atoms with E-state index in [-0.39, 0.29) is 5.91 Å². The lowest BCUT2D eigenvalue weighted by molar-refractivity contribution is -0.127. The minimum Gasteiger partial charge on any atom is -0.480 e. The monoisotopic (exact) mass is 276 g/mol. The summed E-state index contributed by atoms with van der Waals surface area (Å²) in [7, 11) is 0. The molecule has 0 radical (unpaired) electrons. The maximum absolute atomic E-state index is 11.8. The second-order valence-electron chi connectivity index (χ2n) is 4.64. The summed E-state index contributed by atoms with van der Waals surface area (Å²) in [5.74, 6) is 0.650. The molecule has 0 fully saturated rings. The number of hydrogen-bond donors (Lipinski definition) is 2. The van der Waals surface area contributed by atoms with Crippen LogP contribution in [0.15, 0.2) is 30.9 Å². The van der Waals surface area contributed by atoms with Crippen molar-refractivity contribution < 1.29 is 9.53 Å². The summed E-state index contributed by atoms with van der Waals surface area (Å²) in [6.07, 6.45) is 1.12. The molecule has 4 heteroatoms. The molecule has 0 aliphatic rings. The van der Waals surface area contributed by atoms with Crippen LogP contribution in [0.4, 0.5) is 0 Å². The Morgan fingerprint density at radius 1 is 1.50 bits per heavy atom. The maximum Gasteiger partial charge on any atom is 0.261 e. The number of ether oxygens (including phenoxy) is 1. The molecule has 20 heavy (non-hydrogen) atoms. The maximum atomic E-state index is 11.8. The molecule has 1 aromatic carbocycles. The lowest BCUT2D eigenvalue weighted by Gasteiger charge is -2.19. The fraction of sp³-hybridized carbons (Fsp3) is 0.438.